The van der Waals surface area contributed by atoms with Crippen LogP contribution in [-0.4, -0.2) is 50.0 Å². The number of methoxy groups -OCH3 is 1. The molecule has 1 unspecified atom stereocenters. The molecule has 1 aliphatic heterocycles. The number of carbonyl (C=O) groups excluding carboxylic acids is 1. The number of hydrogen-bond donors (Lipinski definition) is 1. The Bertz CT molecular complexity index is 834. The van der Waals surface area contributed by atoms with Crippen LogP contribution in [0.3, 0.4) is 0 Å². The van der Waals surface area contributed by atoms with Crippen LogP contribution < -0.4 is 10.2 Å². The van der Waals surface area contributed by atoms with Crippen molar-refractivity contribution in [1.82, 2.24) is 10.3 Å². The molecule has 0 spiro atoms. The van der Waals surface area contributed by atoms with Crippen LogP contribution in [0.15, 0.2) is 52.1 Å². The van der Waals surface area contributed by atoms with Crippen LogP contribution in [0, 0.1) is 0 Å². The summed E-state index contributed by atoms with van der Waals surface area (Å²) in [6.07, 6.45) is 1.76. The number of hydrogen-bond acceptors (Lipinski definition) is 6. The van der Waals surface area contributed by atoms with Crippen molar-refractivity contribution >= 4 is 39.1 Å². The number of esters is 1. The molecule has 1 fully saturated rings. The lowest BCUT2D eigenvalue weighted by Crippen LogP contribution is -2.43. The molecular weight excluding hydrogens is 408 g/mol. The van der Waals surface area contributed by atoms with Gasteiger partial charge in [0.15, 0.2) is 0 Å². The number of aliphatic imine (C=N–C) groups is 1. The highest BCUT2D eigenvalue weighted by Crippen LogP contribution is 2.29. The van der Waals surface area contributed by atoms with Gasteiger partial charge in [0, 0.05) is 48.6 Å². The lowest BCUT2D eigenvalue weighted by atomic mass is 9.95. The maximum atomic E-state index is 12.5. The smallest absolute Gasteiger partial charge is 0.318 e. The number of pyridine rings is 1. The predicted octanol–water partition coefficient (Wildman–Crippen LogP) is 3.30. The first-order chi connectivity index (χ1) is 13.1. The van der Waals surface area contributed by atoms with Crippen LogP contribution >= 0.6 is 15.9 Å². The van der Waals surface area contributed by atoms with Gasteiger partial charge in [0.1, 0.15) is 11.7 Å². The summed E-state index contributed by atoms with van der Waals surface area (Å²) in [4.78, 5) is 23.9. The molecule has 1 aromatic heterocycles. The van der Waals surface area contributed by atoms with Crippen molar-refractivity contribution in [2.45, 2.75) is 12.8 Å². The van der Waals surface area contributed by atoms with Crippen molar-refractivity contribution in [1.29, 1.82) is 0 Å². The molecule has 0 amide bonds. The third-order valence-corrected chi connectivity index (χ3v) is 5.27. The Morgan fingerprint density at radius 2 is 2.04 bits per heavy atom. The number of carbonyl (C=O) groups is 1. The number of nitrogens with one attached hydrogen (secondary N) is 1. The van der Waals surface area contributed by atoms with E-state index in [4.69, 9.17) is 9.73 Å². The topological polar surface area (TPSA) is 66.8 Å². The van der Waals surface area contributed by atoms with Crippen molar-refractivity contribution in [3.63, 3.8) is 0 Å². The van der Waals surface area contributed by atoms with Crippen molar-refractivity contribution in [3.8, 4) is 0 Å². The largest absolute Gasteiger partial charge is 0.468 e. The fraction of sp³-hybridized carbons (Fsp3) is 0.350. The standard InChI is InChI=1S/C20H23BrN4O2/c1-14(19(20(26)27-2)16-5-3-4-6-17(16)21)24-15-7-8-23-18(13-15)25-11-9-22-10-12-25/h3-8,13,19,22H,9-12H2,1-2H3/b24-14+. The molecule has 7 heteroatoms. The molecule has 1 saturated heterocycles. The molecule has 142 valence electrons. The van der Waals surface area contributed by atoms with Gasteiger partial charge in [0.25, 0.3) is 0 Å². The molecule has 1 atom stereocenters. The Morgan fingerprint density at radius 1 is 1.30 bits per heavy atom. The van der Waals surface area contributed by atoms with Crippen LogP contribution in [0.25, 0.3) is 0 Å². The highest BCUT2D eigenvalue weighted by Gasteiger charge is 2.26. The average molecular weight is 431 g/mol. The zero-order chi connectivity index (χ0) is 19.2. The normalized spacial score (nSPS) is 16.1. The molecule has 1 aliphatic rings. The zero-order valence-corrected chi connectivity index (χ0v) is 17.1. The summed E-state index contributed by atoms with van der Waals surface area (Å²) in [7, 11) is 1.40. The Hall–Kier alpha value is -2.25. The van der Waals surface area contributed by atoms with Gasteiger partial charge in [-0.1, -0.05) is 34.1 Å². The molecule has 0 aliphatic carbocycles. The maximum absolute atomic E-state index is 12.5. The highest BCUT2D eigenvalue weighted by molar-refractivity contribution is 9.10. The van der Waals surface area contributed by atoms with Gasteiger partial charge < -0.3 is 15.0 Å². The minimum Gasteiger partial charge on any atom is -0.468 e. The van der Waals surface area contributed by atoms with Crippen LogP contribution in [-0.2, 0) is 9.53 Å². The van der Waals surface area contributed by atoms with Gasteiger partial charge in [-0.05, 0) is 24.6 Å². The van der Waals surface area contributed by atoms with Crippen LogP contribution in [0.1, 0.15) is 18.4 Å². The first-order valence-corrected chi connectivity index (χ1v) is 9.68. The third kappa shape index (κ3) is 4.73. The monoisotopic (exact) mass is 430 g/mol. The lowest BCUT2D eigenvalue weighted by Gasteiger charge is -2.28. The number of anilines is 1. The summed E-state index contributed by atoms with van der Waals surface area (Å²) in [5, 5.41) is 3.34. The number of ether oxygens (including phenoxy) is 1. The summed E-state index contributed by atoms with van der Waals surface area (Å²) >= 11 is 3.53. The van der Waals surface area contributed by atoms with E-state index in [1.807, 2.05) is 43.3 Å². The molecule has 2 aromatic rings. The van der Waals surface area contributed by atoms with E-state index in [0.29, 0.717) is 5.71 Å². The molecule has 27 heavy (non-hydrogen) atoms. The predicted molar refractivity (Wildman–Crippen MR) is 111 cm³/mol. The summed E-state index contributed by atoms with van der Waals surface area (Å²) in [5.74, 6) is 0.00183. The minimum absolute atomic E-state index is 0.334. The van der Waals surface area contributed by atoms with E-state index in [1.54, 1.807) is 6.20 Å². The van der Waals surface area contributed by atoms with Gasteiger partial charge >= 0.3 is 5.97 Å². The molecule has 2 heterocycles. The Balaban J connectivity index is 1.92. The number of aromatic nitrogens is 1. The quantitative estimate of drug-likeness (QED) is 0.582. The van der Waals surface area contributed by atoms with E-state index in [1.165, 1.54) is 7.11 Å². The molecule has 3 rings (SSSR count). The van der Waals surface area contributed by atoms with Gasteiger partial charge in [-0.3, -0.25) is 9.79 Å². The molecule has 6 nitrogen and oxygen atoms in total. The number of rotatable bonds is 5. The average Bonchev–Trinajstić information content (AvgIpc) is 2.70. The molecule has 0 bridgehead atoms. The van der Waals surface area contributed by atoms with Crippen LogP contribution in [0.4, 0.5) is 11.5 Å². The fourth-order valence-electron chi connectivity index (χ4n) is 3.16. The Labute approximate surface area is 167 Å². The number of nitrogens with zero attached hydrogens (tertiary/aromatic N) is 3. The maximum Gasteiger partial charge on any atom is 0.318 e. The van der Waals surface area contributed by atoms with Gasteiger partial charge in [0.2, 0.25) is 0 Å². The molecule has 1 aromatic carbocycles. The summed E-state index contributed by atoms with van der Waals surface area (Å²) in [6.45, 7) is 5.58. The van der Waals surface area contributed by atoms with Gasteiger partial charge in [-0.15, -0.1) is 0 Å². The van der Waals surface area contributed by atoms with Crippen molar-refractivity contribution < 1.29 is 9.53 Å². The fourth-order valence-corrected chi connectivity index (χ4v) is 3.68. The van der Waals surface area contributed by atoms with Crippen molar-refractivity contribution in [2.24, 2.45) is 4.99 Å². The van der Waals surface area contributed by atoms with Gasteiger partial charge in [-0.25, -0.2) is 4.98 Å². The number of piperazine rings is 1. The summed E-state index contributed by atoms with van der Waals surface area (Å²) in [6, 6.07) is 11.4. The third-order valence-electron chi connectivity index (χ3n) is 4.55. The summed E-state index contributed by atoms with van der Waals surface area (Å²) in [5.41, 5.74) is 2.28. The van der Waals surface area contributed by atoms with Crippen LogP contribution in [0.2, 0.25) is 0 Å². The molecule has 1 N–H and O–H groups in total. The lowest BCUT2D eigenvalue weighted by molar-refractivity contribution is -0.140. The van der Waals surface area contributed by atoms with Crippen LogP contribution in [0.5, 0.6) is 0 Å². The van der Waals surface area contributed by atoms with E-state index in [0.717, 1.165) is 47.7 Å². The van der Waals surface area contributed by atoms with E-state index in [-0.39, 0.29) is 5.97 Å². The first kappa shape index (κ1) is 19.5. The van der Waals surface area contributed by atoms with E-state index >= 15 is 0 Å². The molecule has 0 saturated carbocycles. The van der Waals surface area contributed by atoms with E-state index in [2.05, 4.69) is 31.1 Å². The second-order valence-electron chi connectivity index (χ2n) is 6.34. The number of halogens is 1. The SMILES string of the molecule is COC(=O)C(/C(C)=N/c1ccnc(N2CCNCC2)c1)c1ccccc1Br. The zero-order valence-electron chi connectivity index (χ0n) is 15.5. The second-order valence-corrected chi connectivity index (χ2v) is 7.19. The Morgan fingerprint density at radius 3 is 2.74 bits per heavy atom. The minimum atomic E-state index is -0.568. The van der Waals surface area contributed by atoms with E-state index < -0.39 is 5.92 Å². The number of benzene rings is 1. The van der Waals surface area contributed by atoms with Gasteiger partial charge in [0.05, 0.1) is 12.8 Å². The molecule has 0 radical (unpaired) electrons. The van der Waals surface area contributed by atoms with E-state index in [9.17, 15) is 4.79 Å². The second kappa shape index (κ2) is 9.10. The summed E-state index contributed by atoms with van der Waals surface area (Å²) < 4.78 is 5.88. The Kier molecular flexibility index (Phi) is 6.58. The van der Waals surface area contributed by atoms with Crippen molar-refractivity contribution in [2.75, 3.05) is 38.2 Å². The van der Waals surface area contributed by atoms with Crippen molar-refractivity contribution in [3.05, 3.63) is 52.6 Å². The molecular formula is C20H23BrN4O2. The first-order valence-electron chi connectivity index (χ1n) is 8.89. The van der Waals surface area contributed by atoms with Gasteiger partial charge in [-0.2, -0.15) is 0 Å². The highest BCUT2D eigenvalue weighted by atomic mass is 79.9.